The molecule has 0 unspecified atom stereocenters. The summed E-state index contributed by atoms with van der Waals surface area (Å²) < 4.78 is 1.52. The molecule has 3 N–H and O–H groups in total. The number of imidazole rings is 1. The van der Waals surface area contributed by atoms with Crippen molar-refractivity contribution in [2.24, 2.45) is 5.73 Å². The number of carboxylic acid groups (broad SMARTS) is 1. The number of amides is 1. The summed E-state index contributed by atoms with van der Waals surface area (Å²) in [5.74, 6) is -1.75. The number of aromatic nitrogens is 2. The number of fused-ring (bicyclic) bond motifs is 1. The van der Waals surface area contributed by atoms with Crippen LogP contribution in [-0.4, -0.2) is 32.3 Å². The number of carboxylic acids is 1. The lowest BCUT2D eigenvalue weighted by Gasteiger charge is -2.05. The third-order valence-corrected chi connectivity index (χ3v) is 3.46. The molecule has 1 heterocycles. The molecule has 102 valence electrons. The van der Waals surface area contributed by atoms with Gasteiger partial charge in [0, 0.05) is 0 Å². The van der Waals surface area contributed by atoms with Crippen molar-refractivity contribution in [3.8, 4) is 6.07 Å². The molecule has 0 aliphatic heterocycles. The first-order chi connectivity index (χ1) is 9.52. The van der Waals surface area contributed by atoms with Crippen molar-refractivity contribution in [3.63, 3.8) is 0 Å². The fourth-order valence-corrected chi connectivity index (χ4v) is 2.49. The highest BCUT2D eigenvalue weighted by Crippen LogP contribution is 2.25. The van der Waals surface area contributed by atoms with Crippen LogP contribution in [0.2, 0.25) is 0 Å². The monoisotopic (exact) mass is 290 g/mol. The molecule has 2 rings (SSSR count). The molecule has 0 bridgehead atoms. The molecule has 0 saturated carbocycles. The normalized spacial score (nSPS) is 10.3. The molecule has 0 spiro atoms. The topological polar surface area (TPSA) is 122 Å². The molecule has 0 radical (unpaired) electrons. The molecule has 1 aromatic carbocycles. The predicted octanol–water partition coefficient (Wildman–Crippen LogP) is 0.570. The van der Waals surface area contributed by atoms with Crippen molar-refractivity contribution in [2.75, 3.05) is 5.75 Å². The van der Waals surface area contributed by atoms with E-state index in [0.29, 0.717) is 21.8 Å². The van der Waals surface area contributed by atoms with Crippen molar-refractivity contribution < 1.29 is 14.7 Å². The van der Waals surface area contributed by atoms with E-state index in [1.165, 1.54) is 4.57 Å². The number of nitrogens with zero attached hydrogens (tertiary/aromatic N) is 3. The number of thioether (sulfide) groups is 1. The van der Waals surface area contributed by atoms with Gasteiger partial charge in [-0.3, -0.25) is 9.59 Å². The predicted molar refractivity (Wildman–Crippen MR) is 72.0 cm³/mol. The van der Waals surface area contributed by atoms with Crippen molar-refractivity contribution >= 4 is 34.7 Å². The lowest BCUT2D eigenvalue weighted by Crippen LogP contribution is -2.19. The number of hydrogen-bond donors (Lipinski definition) is 2. The van der Waals surface area contributed by atoms with Crippen LogP contribution >= 0.6 is 11.8 Å². The molecule has 1 aromatic heterocycles. The summed E-state index contributed by atoms with van der Waals surface area (Å²) in [6.07, 6.45) is 0. The van der Waals surface area contributed by atoms with Gasteiger partial charge in [0.1, 0.15) is 18.1 Å². The Morgan fingerprint density at radius 2 is 2.25 bits per heavy atom. The SMILES string of the molecule is N#Cc1cccc2c1nc(SCC(=O)O)n2CC(N)=O. The first-order valence-electron chi connectivity index (χ1n) is 5.55. The highest BCUT2D eigenvalue weighted by atomic mass is 32.2. The van der Waals surface area contributed by atoms with Crippen LogP contribution in [0.5, 0.6) is 0 Å². The van der Waals surface area contributed by atoms with Crippen LogP contribution in [0.4, 0.5) is 0 Å². The summed E-state index contributed by atoms with van der Waals surface area (Å²) in [7, 11) is 0. The molecule has 1 amide bonds. The second-order valence-corrected chi connectivity index (χ2v) is 4.86. The number of aliphatic carboxylic acids is 1. The number of rotatable bonds is 5. The molecule has 0 aliphatic rings. The van der Waals surface area contributed by atoms with Crippen LogP contribution in [-0.2, 0) is 16.1 Å². The van der Waals surface area contributed by atoms with Gasteiger partial charge >= 0.3 is 5.97 Å². The Labute approximate surface area is 118 Å². The minimum absolute atomic E-state index is 0.118. The highest BCUT2D eigenvalue weighted by molar-refractivity contribution is 7.99. The first-order valence-corrected chi connectivity index (χ1v) is 6.53. The molecule has 7 nitrogen and oxygen atoms in total. The summed E-state index contributed by atoms with van der Waals surface area (Å²) in [6, 6.07) is 7.00. The van der Waals surface area contributed by atoms with E-state index >= 15 is 0 Å². The maximum atomic E-state index is 11.1. The van der Waals surface area contributed by atoms with Gasteiger partial charge in [0.05, 0.1) is 16.8 Å². The molecular formula is C12H10N4O3S. The zero-order valence-corrected chi connectivity index (χ0v) is 11.1. The molecule has 20 heavy (non-hydrogen) atoms. The zero-order chi connectivity index (χ0) is 14.7. The van der Waals surface area contributed by atoms with Crippen LogP contribution in [0.3, 0.4) is 0 Å². The van der Waals surface area contributed by atoms with E-state index in [2.05, 4.69) is 4.98 Å². The molecule has 0 atom stereocenters. The summed E-state index contributed by atoms with van der Waals surface area (Å²) in [5, 5.41) is 18.1. The minimum Gasteiger partial charge on any atom is -0.481 e. The van der Waals surface area contributed by atoms with Gasteiger partial charge in [0.2, 0.25) is 5.91 Å². The van der Waals surface area contributed by atoms with Crippen molar-refractivity contribution in [1.29, 1.82) is 5.26 Å². The largest absolute Gasteiger partial charge is 0.481 e. The van der Waals surface area contributed by atoms with Crippen molar-refractivity contribution in [2.45, 2.75) is 11.7 Å². The summed E-state index contributed by atoms with van der Waals surface area (Å²) in [4.78, 5) is 26.0. The fourth-order valence-electron chi connectivity index (χ4n) is 1.76. The number of primary amides is 1. The Morgan fingerprint density at radius 3 is 2.85 bits per heavy atom. The molecule has 0 saturated heterocycles. The van der Waals surface area contributed by atoms with Crippen LogP contribution in [0.1, 0.15) is 5.56 Å². The zero-order valence-electron chi connectivity index (χ0n) is 10.2. The second kappa shape index (κ2) is 5.63. The number of hydrogen-bond acceptors (Lipinski definition) is 5. The average molecular weight is 290 g/mol. The number of carbonyl (C=O) groups excluding carboxylic acids is 1. The summed E-state index contributed by atoms with van der Waals surface area (Å²) in [6.45, 7) is -0.118. The Hall–Kier alpha value is -2.53. The molecule has 8 heteroatoms. The van der Waals surface area contributed by atoms with E-state index in [4.69, 9.17) is 16.1 Å². The third-order valence-electron chi connectivity index (χ3n) is 2.50. The quantitative estimate of drug-likeness (QED) is 0.776. The minimum atomic E-state index is -0.992. The highest BCUT2D eigenvalue weighted by Gasteiger charge is 2.16. The third kappa shape index (κ3) is 2.73. The maximum absolute atomic E-state index is 11.1. The Morgan fingerprint density at radius 1 is 1.50 bits per heavy atom. The van der Waals surface area contributed by atoms with Crippen molar-refractivity contribution in [1.82, 2.24) is 9.55 Å². The van der Waals surface area contributed by atoms with E-state index in [1.54, 1.807) is 18.2 Å². The number of benzene rings is 1. The van der Waals surface area contributed by atoms with E-state index < -0.39 is 11.9 Å². The van der Waals surface area contributed by atoms with Crippen LogP contribution in [0.25, 0.3) is 11.0 Å². The smallest absolute Gasteiger partial charge is 0.313 e. The van der Waals surface area contributed by atoms with Gasteiger partial charge in [-0.1, -0.05) is 17.8 Å². The molecular weight excluding hydrogens is 280 g/mol. The van der Waals surface area contributed by atoms with E-state index in [9.17, 15) is 9.59 Å². The Bertz CT molecular complexity index is 732. The van der Waals surface area contributed by atoms with Crippen LogP contribution in [0, 0.1) is 11.3 Å². The Balaban J connectivity index is 2.56. The number of para-hydroxylation sites is 1. The van der Waals surface area contributed by atoms with Gasteiger partial charge in [-0.15, -0.1) is 0 Å². The van der Waals surface area contributed by atoms with E-state index in [1.807, 2.05) is 6.07 Å². The van der Waals surface area contributed by atoms with Gasteiger partial charge in [-0.25, -0.2) is 4.98 Å². The van der Waals surface area contributed by atoms with Gasteiger partial charge in [0.25, 0.3) is 0 Å². The van der Waals surface area contributed by atoms with E-state index in [0.717, 1.165) is 11.8 Å². The fraction of sp³-hybridized carbons (Fsp3) is 0.167. The molecule has 0 aliphatic carbocycles. The second-order valence-electron chi connectivity index (χ2n) is 3.91. The van der Waals surface area contributed by atoms with Gasteiger partial charge in [-0.2, -0.15) is 5.26 Å². The van der Waals surface area contributed by atoms with Gasteiger partial charge in [-0.05, 0) is 12.1 Å². The van der Waals surface area contributed by atoms with Gasteiger partial charge in [0.15, 0.2) is 5.16 Å². The van der Waals surface area contributed by atoms with Crippen LogP contribution < -0.4 is 5.73 Å². The maximum Gasteiger partial charge on any atom is 0.313 e. The van der Waals surface area contributed by atoms with Crippen LogP contribution in [0.15, 0.2) is 23.4 Å². The van der Waals surface area contributed by atoms with Crippen molar-refractivity contribution in [3.05, 3.63) is 23.8 Å². The number of nitriles is 1. The lowest BCUT2D eigenvalue weighted by atomic mass is 10.2. The average Bonchev–Trinajstić information content (AvgIpc) is 2.74. The lowest BCUT2D eigenvalue weighted by molar-refractivity contribution is -0.133. The number of carbonyl (C=O) groups is 2. The first kappa shape index (κ1) is 13.9. The number of nitrogens with two attached hydrogens (primary N) is 1. The summed E-state index contributed by atoms with van der Waals surface area (Å²) >= 11 is 0.977. The molecule has 2 aromatic rings. The Kier molecular flexibility index (Phi) is 3.91. The van der Waals surface area contributed by atoms with Gasteiger partial charge < -0.3 is 15.4 Å². The standard InChI is InChI=1S/C12H10N4O3S/c13-4-7-2-1-3-8-11(7)15-12(20-6-10(18)19)16(8)5-9(14)17/h1-3H,5-6H2,(H2,14,17)(H,18,19). The van der Waals surface area contributed by atoms with E-state index in [-0.39, 0.29) is 12.3 Å². The summed E-state index contributed by atoms with van der Waals surface area (Å²) in [5.41, 5.74) is 6.57. The molecule has 0 fully saturated rings.